The summed E-state index contributed by atoms with van der Waals surface area (Å²) in [5, 5.41) is 1.18. The first kappa shape index (κ1) is 12.1. The summed E-state index contributed by atoms with van der Waals surface area (Å²) in [5.74, 6) is 0.461. The first-order chi connectivity index (χ1) is 8.78. The molecule has 0 bridgehead atoms. The van der Waals surface area contributed by atoms with Crippen LogP contribution in [-0.4, -0.2) is 18.2 Å². The van der Waals surface area contributed by atoms with E-state index in [4.69, 9.17) is 9.72 Å². The van der Waals surface area contributed by atoms with Gasteiger partial charge < -0.3 is 4.74 Å². The zero-order valence-electron chi connectivity index (χ0n) is 10.4. The van der Waals surface area contributed by atoms with Crippen LogP contribution in [0.25, 0.3) is 10.9 Å². The number of benzene rings is 1. The average molecular weight is 306 g/mol. The molecule has 94 valence electrons. The Morgan fingerprint density at radius 2 is 2.11 bits per heavy atom. The van der Waals surface area contributed by atoms with Crippen LogP contribution in [0.3, 0.4) is 0 Å². The molecule has 0 spiro atoms. The molecule has 2 unspecified atom stereocenters. The number of nitrogens with zero attached hydrogens (tertiary/aromatic N) is 1. The fourth-order valence-corrected chi connectivity index (χ4v) is 3.24. The van der Waals surface area contributed by atoms with Crippen molar-refractivity contribution in [2.24, 2.45) is 0 Å². The second kappa shape index (κ2) is 4.98. The fourth-order valence-electron chi connectivity index (χ4n) is 2.87. The van der Waals surface area contributed by atoms with E-state index in [0.717, 1.165) is 16.4 Å². The van der Waals surface area contributed by atoms with Gasteiger partial charge in [-0.05, 0) is 37.1 Å². The van der Waals surface area contributed by atoms with E-state index in [1.54, 1.807) is 7.11 Å². The smallest absolute Gasteiger partial charge is 0.0706 e. The zero-order valence-corrected chi connectivity index (χ0v) is 12.0. The van der Waals surface area contributed by atoms with Crippen molar-refractivity contribution in [3.05, 3.63) is 40.5 Å². The quantitative estimate of drug-likeness (QED) is 0.826. The lowest BCUT2D eigenvalue weighted by Gasteiger charge is -2.17. The summed E-state index contributed by atoms with van der Waals surface area (Å²) >= 11 is 3.49. The number of fused-ring (bicyclic) bond motifs is 1. The van der Waals surface area contributed by atoms with E-state index < -0.39 is 0 Å². The van der Waals surface area contributed by atoms with Crippen LogP contribution in [0, 0.1) is 0 Å². The molecule has 1 aromatic heterocycles. The molecular formula is C15H16BrNO. The maximum Gasteiger partial charge on any atom is 0.0706 e. The predicted octanol–water partition coefficient (Wildman–Crippen LogP) is 4.28. The van der Waals surface area contributed by atoms with Crippen LogP contribution in [0.4, 0.5) is 0 Å². The van der Waals surface area contributed by atoms with E-state index in [1.807, 2.05) is 6.07 Å². The molecule has 0 radical (unpaired) electrons. The minimum absolute atomic E-state index is 0.338. The summed E-state index contributed by atoms with van der Waals surface area (Å²) in [6, 6.07) is 10.5. The van der Waals surface area contributed by atoms with Crippen molar-refractivity contribution in [1.82, 2.24) is 4.98 Å². The summed E-state index contributed by atoms with van der Waals surface area (Å²) in [7, 11) is 1.81. The molecule has 2 aromatic rings. The highest BCUT2D eigenvalue weighted by atomic mass is 79.9. The number of hydrogen-bond acceptors (Lipinski definition) is 2. The Bertz CT molecular complexity index is 569. The number of aromatic nitrogens is 1. The molecule has 1 fully saturated rings. The van der Waals surface area contributed by atoms with Gasteiger partial charge in [-0.25, -0.2) is 0 Å². The average Bonchev–Trinajstić information content (AvgIpc) is 2.86. The summed E-state index contributed by atoms with van der Waals surface area (Å²) < 4.78 is 6.66. The van der Waals surface area contributed by atoms with Gasteiger partial charge in [0.25, 0.3) is 0 Å². The Morgan fingerprint density at radius 1 is 1.22 bits per heavy atom. The first-order valence-corrected chi connectivity index (χ1v) is 7.16. The molecule has 3 rings (SSSR count). The van der Waals surface area contributed by atoms with Gasteiger partial charge in [-0.2, -0.15) is 0 Å². The van der Waals surface area contributed by atoms with E-state index in [1.165, 1.54) is 23.9 Å². The normalized spacial score (nSPS) is 23.7. The molecule has 1 saturated carbocycles. The third-order valence-electron chi connectivity index (χ3n) is 3.81. The molecular weight excluding hydrogens is 290 g/mol. The molecule has 0 saturated heterocycles. The third-order valence-corrected chi connectivity index (χ3v) is 4.30. The number of hydrogen-bond donors (Lipinski definition) is 0. The summed E-state index contributed by atoms with van der Waals surface area (Å²) in [4.78, 5) is 4.80. The van der Waals surface area contributed by atoms with Gasteiger partial charge >= 0.3 is 0 Å². The standard InChI is InChI=1S/C15H16BrNO/c1-18-15-4-2-3-12(15)14-7-5-10-9-11(16)6-8-13(10)17-14/h5-9,12,15H,2-4H2,1H3. The predicted molar refractivity (Wildman–Crippen MR) is 76.8 cm³/mol. The second-order valence-electron chi connectivity index (χ2n) is 4.88. The topological polar surface area (TPSA) is 22.1 Å². The highest BCUT2D eigenvalue weighted by Crippen LogP contribution is 2.36. The molecule has 0 amide bonds. The van der Waals surface area contributed by atoms with E-state index >= 15 is 0 Å². The van der Waals surface area contributed by atoms with Crippen LogP contribution < -0.4 is 0 Å². The van der Waals surface area contributed by atoms with Gasteiger partial charge in [0.1, 0.15) is 0 Å². The third kappa shape index (κ3) is 2.17. The molecule has 1 aliphatic rings. The van der Waals surface area contributed by atoms with Gasteiger partial charge in [-0.15, -0.1) is 0 Å². The second-order valence-corrected chi connectivity index (χ2v) is 5.80. The van der Waals surface area contributed by atoms with Gasteiger partial charge in [0.05, 0.1) is 11.6 Å². The highest BCUT2D eigenvalue weighted by Gasteiger charge is 2.29. The van der Waals surface area contributed by atoms with Gasteiger partial charge in [0, 0.05) is 28.6 Å². The van der Waals surface area contributed by atoms with E-state index in [9.17, 15) is 0 Å². The lowest BCUT2D eigenvalue weighted by atomic mass is 10.00. The van der Waals surface area contributed by atoms with Crippen molar-refractivity contribution < 1.29 is 4.74 Å². The Hall–Kier alpha value is -0.930. The number of halogens is 1. The molecule has 1 aromatic carbocycles. The van der Waals surface area contributed by atoms with Gasteiger partial charge in [-0.1, -0.05) is 28.4 Å². The lowest BCUT2D eigenvalue weighted by Crippen LogP contribution is -2.15. The maximum absolute atomic E-state index is 5.56. The number of ether oxygens (including phenoxy) is 1. The summed E-state index contributed by atoms with van der Waals surface area (Å²) in [5.41, 5.74) is 2.24. The monoisotopic (exact) mass is 305 g/mol. The van der Waals surface area contributed by atoms with Crippen LogP contribution in [0.15, 0.2) is 34.8 Å². The van der Waals surface area contributed by atoms with E-state index in [-0.39, 0.29) is 0 Å². The minimum atomic E-state index is 0.338. The maximum atomic E-state index is 5.56. The van der Waals surface area contributed by atoms with Crippen LogP contribution in [0.2, 0.25) is 0 Å². The van der Waals surface area contributed by atoms with E-state index in [2.05, 4.69) is 40.2 Å². The van der Waals surface area contributed by atoms with Crippen molar-refractivity contribution in [3.63, 3.8) is 0 Å². The zero-order chi connectivity index (χ0) is 12.5. The number of methoxy groups -OCH3 is 1. The van der Waals surface area contributed by atoms with Crippen molar-refractivity contribution in [3.8, 4) is 0 Å². The summed E-state index contributed by atoms with van der Waals surface area (Å²) in [6.07, 6.45) is 3.92. The molecule has 1 heterocycles. The molecule has 0 N–H and O–H groups in total. The van der Waals surface area contributed by atoms with Crippen molar-refractivity contribution >= 4 is 26.8 Å². The van der Waals surface area contributed by atoms with Gasteiger partial charge in [0.15, 0.2) is 0 Å². The molecule has 3 heteroatoms. The molecule has 1 aliphatic carbocycles. The Labute approximate surface area is 115 Å². The number of pyridine rings is 1. The molecule has 2 atom stereocenters. The molecule has 0 aliphatic heterocycles. The van der Waals surface area contributed by atoms with E-state index in [0.29, 0.717) is 12.0 Å². The van der Waals surface area contributed by atoms with Crippen molar-refractivity contribution in [2.45, 2.75) is 31.3 Å². The summed E-state index contributed by atoms with van der Waals surface area (Å²) in [6.45, 7) is 0. The first-order valence-electron chi connectivity index (χ1n) is 6.37. The van der Waals surface area contributed by atoms with Crippen LogP contribution >= 0.6 is 15.9 Å². The highest BCUT2D eigenvalue weighted by molar-refractivity contribution is 9.10. The van der Waals surface area contributed by atoms with Gasteiger partial charge in [0.2, 0.25) is 0 Å². The Kier molecular flexibility index (Phi) is 3.35. The lowest BCUT2D eigenvalue weighted by molar-refractivity contribution is 0.0936. The van der Waals surface area contributed by atoms with Crippen LogP contribution in [0.1, 0.15) is 30.9 Å². The largest absolute Gasteiger partial charge is 0.381 e. The number of rotatable bonds is 2. The van der Waals surface area contributed by atoms with Crippen molar-refractivity contribution in [1.29, 1.82) is 0 Å². The van der Waals surface area contributed by atoms with Gasteiger partial charge in [-0.3, -0.25) is 4.98 Å². The van der Waals surface area contributed by atoms with Crippen LogP contribution in [0.5, 0.6) is 0 Å². The Balaban J connectivity index is 2.00. The fraction of sp³-hybridized carbons (Fsp3) is 0.400. The molecule has 2 nitrogen and oxygen atoms in total. The van der Waals surface area contributed by atoms with Crippen LogP contribution in [-0.2, 0) is 4.74 Å². The Morgan fingerprint density at radius 3 is 2.94 bits per heavy atom. The van der Waals surface area contributed by atoms with Crippen molar-refractivity contribution in [2.75, 3.05) is 7.11 Å². The SMILES string of the molecule is COC1CCCC1c1ccc2cc(Br)ccc2n1. The molecule has 18 heavy (non-hydrogen) atoms. The minimum Gasteiger partial charge on any atom is -0.381 e.